The van der Waals surface area contributed by atoms with Gasteiger partial charge in [-0.05, 0) is 18.6 Å². The lowest BCUT2D eigenvalue weighted by Gasteiger charge is -2.31. The second kappa shape index (κ2) is 4.83. The molecular weight excluding hydrogens is 288 g/mol. The Kier molecular flexibility index (Phi) is 3.06. The Hall–Kier alpha value is -1.36. The Morgan fingerprint density at radius 2 is 2.00 bits per heavy atom. The van der Waals surface area contributed by atoms with Crippen molar-refractivity contribution in [1.29, 1.82) is 0 Å². The maximum Gasteiger partial charge on any atom is 0.174 e. The van der Waals surface area contributed by atoms with Crippen molar-refractivity contribution in [2.24, 2.45) is 7.05 Å². The molecule has 5 heteroatoms. The Morgan fingerprint density at radius 3 is 2.76 bits per heavy atom. The third-order valence-corrected chi connectivity index (χ3v) is 4.73. The molecule has 1 aliphatic carbocycles. The summed E-state index contributed by atoms with van der Waals surface area (Å²) in [5, 5.41) is 0.728. The Balaban J connectivity index is 1.77. The number of ether oxygens (including phenoxy) is 2. The van der Waals surface area contributed by atoms with Crippen molar-refractivity contribution in [3.8, 4) is 11.4 Å². The van der Waals surface area contributed by atoms with Crippen LogP contribution < -0.4 is 0 Å². The minimum absolute atomic E-state index is 0.432. The van der Waals surface area contributed by atoms with Crippen molar-refractivity contribution in [1.82, 2.24) is 9.55 Å². The van der Waals surface area contributed by atoms with E-state index in [1.165, 1.54) is 5.69 Å². The van der Waals surface area contributed by atoms with Crippen LogP contribution in [0.4, 0.5) is 0 Å². The van der Waals surface area contributed by atoms with E-state index >= 15 is 0 Å². The third kappa shape index (κ3) is 2.09. The molecule has 21 heavy (non-hydrogen) atoms. The molecule has 1 aromatic carbocycles. The molecule has 0 saturated carbocycles. The van der Waals surface area contributed by atoms with Gasteiger partial charge in [0.05, 0.1) is 23.9 Å². The Bertz CT molecular complexity index is 690. The molecule has 2 aliphatic rings. The van der Waals surface area contributed by atoms with Gasteiger partial charge < -0.3 is 14.0 Å². The van der Waals surface area contributed by atoms with E-state index in [0.29, 0.717) is 13.2 Å². The van der Waals surface area contributed by atoms with Crippen LogP contribution in [0.5, 0.6) is 0 Å². The molecule has 1 fully saturated rings. The standard InChI is InChI=1S/C16H17ClN2O2/c1-19-14-10-16(20-8-9-21-16)7-6-13(14)18-15(19)11-4-2-3-5-12(11)17/h2-5H,6-10H2,1H3. The van der Waals surface area contributed by atoms with Crippen molar-refractivity contribution in [2.45, 2.75) is 25.0 Å². The molecule has 0 amide bonds. The molecule has 2 heterocycles. The fraction of sp³-hybridized carbons (Fsp3) is 0.438. The van der Waals surface area contributed by atoms with Gasteiger partial charge in [0.2, 0.25) is 0 Å². The van der Waals surface area contributed by atoms with Crippen LogP contribution in [0.15, 0.2) is 24.3 Å². The van der Waals surface area contributed by atoms with Gasteiger partial charge in [-0.25, -0.2) is 4.98 Å². The van der Waals surface area contributed by atoms with E-state index in [0.717, 1.165) is 41.4 Å². The highest BCUT2D eigenvalue weighted by molar-refractivity contribution is 6.33. The molecule has 1 saturated heterocycles. The summed E-state index contributed by atoms with van der Waals surface area (Å²) in [6, 6.07) is 7.83. The number of nitrogens with zero attached hydrogens (tertiary/aromatic N) is 2. The number of rotatable bonds is 1. The summed E-state index contributed by atoms with van der Waals surface area (Å²) in [5.41, 5.74) is 3.30. The highest BCUT2D eigenvalue weighted by Crippen LogP contribution is 2.37. The Labute approximate surface area is 128 Å². The first-order valence-corrected chi connectivity index (χ1v) is 7.64. The first kappa shape index (κ1) is 13.3. The number of halogens is 1. The minimum atomic E-state index is -0.432. The molecule has 0 atom stereocenters. The monoisotopic (exact) mass is 304 g/mol. The molecule has 0 bridgehead atoms. The lowest BCUT2D eigenvalue weighted by Crippen LogP contribution is -2.37. The largest absolute Gasteiger partial charge is 0.347 e. The normalized spacial score (nSPS) is 19.9. The molecule has 110 valence electrons. The predicted molar refractivity (Wildman–Crippen MR) is 80.3 cm³/mol. The van der Waals surface area contributed by atoms with Crippen LogP contribution in [0.2, 0.25) is 5.02 Å². The second-order valence-electron chi connectivity index (χ2n) is 5.65. The number of imidazole rings is 1. The van der Waals surface area contributed by atoms with Gasteiger partial charge in [0.1, 0.15) is 5.82 Å². The van der Waals surface area contributed by atoms with Crippen LogP contribution in [0.3, 0.4) is 0 Å². The van der Waals surface area contributed by atoms with Crippen molar-refractivity contribution in [2.75, 3.05) is 13.2 Å². The zero-order chi connectivity index (χ0) is 14.4. The highest BCUT2D eigenvalue weighted by atomic mass is 35.5. The smallest absolute Gasteiger partial charge is 0.174 e. The van der Waals surface area contributed by atoms with Gasteiger partial charge in [0.25, 0.3) is 0 Å². The molecule has 1 aromatic heterocycles. The number of aryl methyl sites for hydroxylation is 1. The molecule has 0 radical (unpaired) electrons. The molecule has 2 aromatic rings. The van der Waals surface area contributed by atoms with Crippen molar-refractivity contribution < 1.29 is 9.47 Å². The van der Waals surface area contributed by atoms with E-state index in [-0.39, 0.29) is 0 Å². The summed E-state index contributed by atoms with van der Waals surface area (Å²) < 4.78 is 13.8. The molecule has 4 rings (SSSR count). The van der Waals surface area contributed by atoms with Crippen LogP contribution in [-0.4, -0.2) is 28.6 Å². The van der Waals surface area contributed by atoms with Crippen molar-refractivity contribution >= 4 is 11.6 Å². The van der Waals surface area contributed by atoms with Gasteiger partial charge in [-0.2, -0.15) is 0 Å². The topological polar surface area (TPSA) is 36.3 Å². The summed E-state index contributed by atoms with van der Waals surface area (Å²) in [6.07, 6.45) is 2.52. The maximum atomic E-state index is 6.31. The van der Waals surface area contributed by atoms with Crippen LogP contribution in [0.25, 0.3) is 11.4 Å². The van der Waals surface area contributed by atoms with E-state index in [1.54, 1.807) is 0 Å². The van der Waals surface area contributed by atoms with Gasteiger partial charge in [-0.1, -0.05) is 23.7 Å². The number of fused-ring (bicyclic) bond motifs is 1. The average molecular weight is 305 g/mol. The number of benzene rings is 1. The third-order valence-electron chi connectivity index (χ3n) is 4.40. The van der Waals surface area contributed by atoms with Crippen LogP contribution in [0.1, 0.15) is 17.8 Å². The summed E-state index contributed by atoms with van der Waals surface area (Å²) >= 11 is 6.31. The predicted octanol–water partition coefficient (Wildman–Crippen LogP) is 2.97. The zero-order valence-corrected chi connectivity index (χ0v) is 12.7. The lowest BCUT2D eigenvalue weighted by atomic mass is 9.94. The number of hydrogen-bond donors (Lipinski definition) is 0. The molecule has 0 unspecified atom stereocenters. The first-order chi connectivity index (χ1) is 10.2. The molecule has 0 N–H and O–H groups in total. The van der Waals surface area contributed by atoms with E-state index in [4.69, 9.17) is 26.1 Å². The molecule has 4 nitrogen and oxygen atoms in total. The summed E-state index contributed by atoms with van der Waals surface area (Å²) in [6.45, 7) is 1.37. The molecular formula is C16H17ClN2O2. The van der Waals surface area contributed by atoms with E-state index in [9.17, 15) is 0 Å². The summed E-state index contributed by atoms with van der Waals surface area (Å²) in [4.78, 5) is 4.80. The lowest BCUT2D eigenvalue weighted by molar-refractivity contribution is -0.164. The summed E-state index contributed by atoms with van der Waals surface area (Å²) in [7, 11) is 2.04. The second-order valence-corrected chi connectivity index (χ2v) is 6.06. The zero-order valence-electron chi connectivity index (χ0n) is 11.9. The fourth-order valence-corrected chi connectivity index (χ4v) is 3.51. The van der Waals surface area contributed by atoms with Gasteiger partial charge in [0.15, 0.2) is 5.79 Å². The maximum absolute atomic E-state index is 6.31. The SMILES string of the molecule is Cn1c(-c2ccccc2Cl)nc2c1CC1(CC2)OCCO1. The number of aromatic nitrogens is 2. The van der Waals surface area contributed by atoms with E-state index < -0.39 is 5.79 Å². The first-order valence-electron chi connectivity index (χ1n) is 7.26. The van der Waals surface area contributed by atoms with E-state index in [2.05, 4.69) is 4.57 Å². The quantitative estimate of drug-likeness (QED) is 0.812. The van der Waals surface area contributed by atoms with Crippen LogP contribution >= 0.6 is 11.6 Å². The van der Waals surface area contributed by atoms with Crippen LogP contribution in [0, 0.1) is 0 Å². The van der Waals surface area contributed by atoms with Gasteiger partial charge in [-0.15, -0.1) is 0 Å². The average Bonchev–Trinajstić information content (AvgIpc) is 3.06. The Morgan fingerprint density at radius 1 is 1.24 bits per heavy atom. The van der Waals surface area contributed by atoms with Gasteiger partial charge in [0, 0.05) is 31.1 Å². The van der Waals surface area contributed by atoms with Gasteiger partial charge >= 0.3 is 0 Å². The van der Waals surface area contributed by atoms with Crippen LogP contribution in [-0.2, 0) is 29.4 Å². The van der Waals surface area contributed by atoms with Crippen molar-refractivity contribution in [3.63, 3.8) is 0 Å². The number of hydrogen-bond acceptors (Lipinski definition) is 3. The van der Waals surface area contributed by atoms with Gasteiger partial charge in [-0.3, -0.25) is 0 Å². The minimum Gasteiger partial charge on any atom is -0.347 e. The fourth-order valence-electron chi connectivity index (χ4n) is 3.29. The summed E-state index contributed by atoms with van der Waals surface area (Å²) in [5.74, 6) is 0.485. The van der Waals surface area contributed by atoms with Crippen molar-refractivity contribution in [3.05, 3.63) is 40.7 Å². The molecule has 1 spiro atoms. The molecule has 1 aliphatic heterocycles. The highest BCUT2D eigenvalue weighted by Gasteiger charge is 2.42. The van der Waals surface area contributed by atoms with E-state index in [1.807, 2.05) is 31.3 Å².